The summed E-state index contributed by atoms with van der Waals surface area (Å²) in [4.78, 5) is 16.7. The molecular weight excluding hydrogens is 220 g/mol. The molecule has 94 valence electrons. The summed E-state index contributed by atoms with van der Waals surface area (Å²) in [5.41, 5.74) is 1.82. The van der Waals surface area contributed by atoms with E-state index in [0.29, 0.717) is 6.61 Å². The number of carbonyl (C=O) groups is 1. The molecule has 0 aromatic carbocycles. The monoisotopic (exact) mass is 238 g/mol. The van der Waals surface area contributed by atoms with E-state index >= 15 is 0 Å². The first-order chi connectivity index (χ1) is 7.99. The van der Waals surface area contributed by atoms with Gasteiger partial charge in [-0.05, 0) is 13.8 Å². The third kappa shape index (κ3) is 4.72. The maximum Gasteiger partial charge on any atom is 0.409 e. The Morgan fingerprint density at radius 2 is 1.82 bits per heavy atom. The molecule has 0 atom stereocenters. The summed E-state index contributed by atoms with van der Waals surface area (Å²) in [7, 11) is 3.28. The molecule has 1 heterocycles. The second kappa shape index (κ2) is 6.08. The van der Waals surface area contributed by atoms with E-state index < -0.39 is 0 Å². The number of carbonyl (C=O) groups excluding carboxylic acids is 1. The van der Waals surface area contributed by atoms with Crippen molar-refractivity contribution in [2.45, 2.75) is 13.8 Å². The molecule has 0 bridgehead atoms. The first-order valence-electron chi connectivity index (χ1n) is 5.41. The lowest BCUT2D eigenvalue weighted by Gasteiger charge is -2.12. The van der Waals surface area contributed by atoms with Crippen LogP contribution < -0.4 is 4.74 Å². The van der Waals surface area contributed by atoms with E-state index in [4.69, 9.17) is 9.47 Å². The van der Waals surface area contributed by atoms with Crippen molar-refractivity contribution >= 4 is 6.09 Å². The molecule has 0 unspecified atom stereocenters. The van der Waals surface area contributed by atoms with Gasteiger partial charge < -0.3 is 14.4 Å². The van der Waals surface area contributed by atoms with E-state index in [-0.39, 0.29) is 12.7 Å². The molecule has 5 nitrogen and oxygen atoms in total. The molecule has 0 fully saturated rings. The number of aryl methyl sites for hydroxylation is 2. The van der Waals surface area contributed by atoms with E-state index in [1.807, 2.05) is 26.0 Å². The van der Waals surface area contributed by atoms with Crippen LogP contribution in [0.2, 0.25) is 0 Å². The first-order valence-corrected chi connectivity index (χ1v) is 5.41. The Morgan fingerprint density at radius 3 is 2.35 bits per heavy atom. The van der Waals surface area contributed by atoms with Crippen LogP contribution in [-0.2, 0) is 4.74 Å². The Morgan fingerprint density at radius 1 is 1.24 bits per heavy atom. The van der Waals surface area contributed by atoms with Gasteiger partial charge in [0.2, 0.25) is 0 Å². The maximum atomic E-state index is 11.1. The van der Waals surface area contributed by atoms with Crippen LogP contribution in [0.3, 0.4) is 0 Å². The lowest BCUT2D eigenvalue weighted by Crippen LogP contribution is -2.24. The molecule has 0 aliphatic carbocycles. The molecule has 0 N–H and O–H groups in total. The highest BCUT2D eigenvalue weighted by molar-refractivity contribution is 5.66. The van der Waals surface area contributed by atoms with E-state index in [1.54, 1.807) is 14.1 Å². The number of hydrogen-bond donors (Lipinski definition) is 0. The number of amides is 1. The van der Waals surface area contributed by atoms with Gasteiger partial charge in [-0.15, -0.1) is 0 Å². The Bertz CT molecular complexity index is 371. The third-order valence-corrected chi connectivity index (χ3v) is 2.00. The highest BCUT2D eigenvalue weighted by Gasteiger charge is 2.04. The van der Waals surface area contributed by atoms with Crippen LogP contribution in [0.25, 0.3) is 0 Å². The minimum absolute atomic E-state index is 0.234. The minimum atomic E-state index is -0.365. The molecular formula is C12H18N2O3. The van der Waals surface area contributed by atoms with E-state index in [1.165, 1.54) is 4.90 Å². The van der Waals surface area contributed by atoms with Gasteiger partial charge in [-0.1, -0.05) is 0 Å². The number of hydrogen-bond acceptors (Lipinski definition) is 4. The number of nitrogens with zero attached hydrogens (tertiary/aromatic N) is 2. The number of pyridine rings is 1. The van der Waals surface area contributed by atoms with Crippen molar-refractivity contribution in [2.24, 2.45) is 0 Å². The highest BCUT2D eigenvalue weighted by atomic mass is 16.6. The number of aromatic nitrogens is 1. The predicted molar refractivity (Wildman–Crippen MR) is 64.2 cm³/mol. The second-order valence-electron chi connectivity index (χ2n) is 3.94. The standard InChI is InChI=1S/C12H18N2O3/c1-9-7-11(8-10(2)13-9)16-5-6-17-12(15)14(3)4/h7-8H,5-6H2,1-4H3. The zero-order valence-electron chi connectivity index (χ0n) is 10.7. The van der Waals surface area contributed by atoms with Gasteiger partial charge in [-0.2, -0.15) is 0 Å². The maximum absolute atomic E-state index is 11.1. The molecule has 17 heavy (non-hydrogen) atoms. The van der Waals surface area contributed by atoms with Crippen molar-refractivity contribution in [3.63, 3.8) is 0 Å². The Kier molecular flexibility index (Phi) is 4.75. The fourth-order valence-electron chi connectivity index (χ4n) is 1.30. The van der Waals surface area contributed by atoms with Crippen molar-refractivity contribution in [1.29, 1.82) is 0 Å². The highest BCUT2D eigenvalue weighted by Crippen LogP contribution is 2.13. The summed E-state index contributed by atoms with van der Waals surface area (Å²) >= 11 is 0. The van der Waals surface area contributed by atoms with Gasteiger partial charge in [-0.25, -0.2) is 4.79 Å². The fourth-order valence-corrected chi connectivity index (χ4v) is 1.30. The fraction of sp³-hybridized carbons (Fsp3) is 0.500. The van der Waals surface area contributed by atoms with E-state index in [2.05, 4.69) is 4.98 Å². The molecule has 0 saturated carbocycles. The SMILES string of the molecule is Cc1cc(OCCOC(=O)N(C)C)cc(C)n1. The average Bonchev–Trinajstić information content (AvgIpc) is 2.22. The number of ether oxygens (including phenoxy) is 2. The third-order valence-electron chi connectivity index (χ3n) is 2.00. The molecule has 0 saturated heterocycles. The Balaban J connectivity index is 2.33. The van der Waals surface area contributed by atoms with Crippen LogP contribution in [0.1, 0.15) is 11.4 Å². The van der Waals surface area contributed by atoms with Gasteiger partial charge in [0.1, 0.15) is 19.0 Å². The lowest BCUT2D eigenvalue weighted by atomic mass is 10.3. The van der Waals surface area contributed by atoms with Gasteiger partial charge in [0.05, 0.1) is 0 Å². The molecule has 1 aromatic rings. The van der Waals surface area contributed by atoms with Gasteiger partial charge >= 0.3 is 6.09 Å². The molecule has 1 aromatic heterocycles. The van der Waals surface area contributed by atoms with Crippen molar-refractivity contribution < 1.29 is 14.3 Å². The second-order valence-corrected chi connectivity index (χ2v) is 3.94. The minimum Gasteiger partial charge on any atom is -0.490 e. The Hall–Kier alpha value is -1.78. The van der Waals surface area contributed by atoms with Crippen LogP contribution in [0.15, 0.2) is 12.1 Å². The molecule has 5 heteroatoms. The van der Waals surface area contributed by atoms with Gasteiger partial charge in [0.15, 0.2) is 0 Å². The summed E-state index contributed by atoms with van der Waals surface area (Å²) in [6, 6.07) is 3.70. The van der Waals surface area contributed by atoms with E-state index in [9.17, 15) is 4.79 Å². The Labute approximate surface area is 101 Å². The van der Waals surface area contributed by atoms with Gasteiger partial charge in [0, 0.05) is 37.6 Å². The molecule has 0 radical (unpaired) electrons. The predicted octanol–water partition coefficient (Wildman–Crippen LogP) is 1.78. The quantitative estimate of drug-likeness (QED) is 0.750. The lowest BCUT2D eigenvalue weighted by molar-refractivity contribution is 0.101. The first kappa shape index (κ1) is 13.3. The number of rotatable bonds is 4. The van der Waals surface area contributed by atoms with Crippen molar-refractivity contribution in [3.05, 3.63) is 23.5 Å². The summed E-state index contributed by atoms with van der Waals surface area (Å²) in [5, 5.41) is 0. The summed E-state index contributed by atoms with van der Waals surface area (Å²) in [5.74, 6) is 0.746. The van der Waals surface area contributed by atoms with Gasteiger partial charge in [0.25, 0.3) is 0 Å². The van der Waals surface area contributed by atoms with Crippen molar-refractivity contribution in [2.75, 3.05) is 27.3 Å². The summed E-state index contributed by atoms with van der Waals surface area (Å²) < 4.78 is 10.4. The zero-order chi connectivity index (χ0) is 12.8. The van der Waals surface area contributed by atoms with E-state index in [0.717, 1.165) is 17.1 Å². The molecule has 0 spiro atoms. The molecule has 1 amide bonds. The average molecular weight is 238 g/mol. The van der Waals surface area contributed by atoms with Crippen molar-refractivity contribution in [3.8, 4) is 5.75 Å². The molecule has 1 rings (SSSR count). The summed E-state index contributed by atoms with van der Waals surface area (Å²) in [6.45, 7) is 4.39. The zero-order valence-corrected chi connectivity index (χ0v) is 10.7. The van der Waals surface area contributed by atoms with Crippen LogP contribution in [0, 0.1) is 13.8 Å². The molecule has 0 aliphatic heterocycles. The van der Waals surface area contributed by atoms with Gasteiger partial charge in [-0.3, -0.25) is 4.98 Å². The topological polar surface area (TPSA) is 51.7 Å². The normalized spacial score (nSPS) is 9.88. The van der Waals surface area contributed by atoms with Crippen LogP contribution in [0.5, 0.6) is 5.75 Å². The summed E-state index contributed by atoms with van der Waals surface area (Å²) in [6.07, 6.45) is -0.365. The largest absolute Gasteiger partial charge is 0.490 e. The van der Waals surface area contributed by atoms with Crippen LogP contribution in [0.4, 0.5) is 4.79 Å². The van der Waals surface area contributed by atoms with Crippen LogP contribution in [-0.4, -0.2) is 43.3 Å². The van der Waals surface area contributed by atoms with Crippen molar-refractivity contribution in [1.82, 2.24) is 9.88 Å². The smallest absolute Gasteiger partial charge is 0.409 e. The molecule has 0 aliphatic rings. The van der Waals surface area contributed by atoms with Crippen LogP contribution >= 0.6 is 0 Å².